The fraction of sp³-hybridized carbons (Fsp3) is 0.227. The molecule has 2 aromatic carbocycles. The standard InChI is InChI=1S/C22H22N2/c1-14-11-19(12-15(2)16(14)3)22-20(7-9-23-22)17-5-6-21-18(13-17)8-10-24(21)4/h5-8,10-13H,9H2,1-4H3. The summed E-state index contributed by atoms with van der Waals surface area (Å²) in [6.07, 6.45) is 4.35. The largest absolute Gasteiger partial charge is 0.351 e. The van der Waals surface area contributed by atoms with Gasteiger partial charge in [-0.2, -0.15) is 0 Å². The van der Waals surface area contributed by atoms with Gasteiger partial charge in [-0.25, -0.2) is 0 Å². The number of aromatic nitrogens is 1. The highest BCUT2D eigenvalue weighted by atomic mass is 14.9. The Labute approximate surface area is 143 Å². The van der Waals surface area contributed by atoms with Crippen molar-refractivity contribution in [3.8, 4) is 0 Å². The summed E-state index contributed by atoms with van der Waals surface area (Å²) in [6.45, 7) is 7.32. The van der Waals surface area contributed by atoms with Crippen molar-refractivity contribution < 1.29 is 0 Å². The van der Waals surface area contributed by atoms with Crippen LogP contribution in [0, 0.1) is 20.8 Å². The third-order valence-electron chi connectivity index (χ3n) is 5.20. The molecule has 24 heavy (non-hydrogen) atoms. The summed E-state index contributed by atoms with van der Waals surface area (Å²) in [5.41, 5.74) is 10.1. The summed E-state index contributed by atoms with van der Waals surface area (Å²) in [7, 11) is 2.08. The summed E-state index contributed by atoms with van der Waals surface area (Å²) in [4.78, 5) is 4.78. The Morgan fingerprint density at radius 1 is 0.917 bits per heavy atom. The molecule has 2 heteroatoms. The molecule has 3 aromatic rings. The van der Waals surface area contributed by atoms with E-state index in [0.29, 0.717) is 0 Å². The summed E-state index contributed by atoms with van der Waals surface area (Å²) < 4.78 is 2.16. The molecule has 0 atom stereocenters. The van der Waals surface area contributed by atoms with E-state index >= 15 is 0 Å². The fourth-order valence-corrected chi connectivity index (χ4v) is 3.53. The molecular weight excluding hydrogens is 292 g/mol. The fourth-order valence-electron chi connectivity index (χ4n) is 3.53. The van der Waals surface area contributed by atoms with E-state index in [1.807, 2.05) is 0 Å². The quantitative estimate of drug-likeness (QED) is 0.634. The highest BCUT2D eigenvalue weighted by Gasteiger charge is 2.17. The van der Waals surface area contributed by atoms with Crippen molar-refractivity contribution in [1.82, 2.24) is 4.57 Å². The molecule has 120 valence electrons. The summed E-state index contributed by atoms with van der Waals surface area (Å²) in [5, 5.41) is 1.28. The number of aryl methyl sites for hydroxylation is 3. The molecule has 0 spiro atoms. The van der Waals surface area contributed by atoms with Crippen LogP contribution in [0.15, 0.2) is 53.7 Å². The van der Waals surface area contributed by atoms with E-state index in [-0.39, 0.29) is 0 Å². The molecule has 1 aromatic heterocycles. The number of aliphatic imine (C=N–C) groups is 1. The smallest absolute Gasteiger partial charge is 0.0726 e. The van der Waals surface area contributed by atoms with Crippen molar-refractivity contribution in [2.75, 3.05) is 6.54 Å². The van der Waals surface area contributed by atoms with Gasteiger partial charge in [-0.15, -0.1) is 0 Å². The molecule has 4 rings (SSSR count). The van der Waals surface area contributed by atoms with Crippen LogP contribution in [0.2, 0.25) is 0 Å². The van der Waals surface area contributed by atoms with Gasteiger partial charge in [0, 0.05) is 35.3 Å². The lowest BCUT2D eigenvalue weighted by Gasteiger charge is -2.12. The predicted molar refractivity (Wildman–Crippen MR) is 103 cm³/mol. The highest BCUT2D eigenvalue weighted by molar-refractivity contribution is 6.33. The summed E-state index contributed by atoms with van der Waals surface area (Å²) in [6, 6.07) is 13.4. The topological polar surface area (TPSA) is 17.3 Å². The maximum Gasteiger partial charge on any atom is 0.0726 e. The Hall–Kier alpha value is -2.61. The molecule has 2 heterocycles. The zero-order valence-corrected chi connectivity index (χ0v) is 14.7. The molecule has 1 aliphatic heterocycles. The molecule has 0 bridgehead atoms. The Kier molecular flexibility index (Phi) is 3.42. The van der Waals surface area contributed by atoms with E-state index in [0.717, 1.165) is 12.3 Å². The van der Waals surface area contributed by atoms with Gasteiger partial charge in [0.25, 0.3) is 0 Å². The maximum absolute atomic E-state index is 4.78. The van der Waals surface area contributed by atoms with Crippen molar-refractivity contribution >= 4 is 22.2 Å². The van der Waals surface area contributed by atoms with Gasteiger partial charge in [0.1, 0.15) is 0 Å². The third kappa shape index (κ3) is 2.30. The Morgan fingerprint density at radius 3 is 2.42 bits per heavy atom. The van der Waals surface area contributed by atoms with Crippen LogP contribution in [0.4, 0.5) is 0 Å². The van der Waals surface area contributed by atoms with Crippen LogP contribution in [0.3, 0.4) is 0 Å². The van der Waals surface area contributed by atoms with Crippen LogP contribution in [-0.2, 0) is 7.05 Å². The molecule has 2 nitrogen and oxygen atoms in total. The van der Waals surface area contributed by atoms with Gasteiger partial charge in [-0.05, 0) is 73.4 Å². The number of fused-ring (bicyclic) bond motifs is 1. The second kappa shape index (κ2) is 5.48. The zero-order chi connectivity index (χ0) is 16.8. The minimum Gasteiger partial charge on any atom is -0.351 e. The lowest BCUT2D eigenvalue weighted by molar-refractivity contribution is 0.969. The first-order valence-corrected chi connectivity index (χ1v) is 8.43. The Morgan fingerprint density at radius 2 is 1.67 bits per heavy atom. The van der Waals surface area contributed by atoms with Crippen LogP contribution in [0.5, 0.6) is 0 Å². The second-order valence-corrected chi connectivity index (χ2v) is 6.74. The van der Waals surface area contributed by atoms with Crippen molar-refractivity contribution in [2.45, 2.75) is 20.8 Å². The molecule has 1 aliphatic rings. The van der Waals surface area contributed by atoms with Crippen LogP contribution >= 0.6 is 0 Å². The number of rotatable bonds is 2. The van der Waals surface area contributed by atoms with Gasteiger partial charge in [0.15, 0.2) is 0 Å². The zero-order valence-electron chi connectivity index (χ0n) is 14.7. The molecule has 0 unspecified atom stereocenters. The average Bonchev–Trinajstić information content (AvgIpc) is 3.19. The monoisotopic (exact) mass is 314 g/mol. The molecule has 0 aliphatic carbocycles. The first kappa shape index (κ1) is 14.9. The van der Waals surface area contributed by atoms with Gasteiger partial charge in [-0.3, -0.25) is 4.99 Å². The van der Waals surface area contributed by atoms with Crippen molar-refractivity contribution in [3.05, 3.63) is 76.5 Å². The lowest BCUT2D eigenvalue weighted by atomic mass is 9.92. The number of hydrogen-bond donors (Lipinski definition) is 0. The predicted octanol–water partition coefficient (Wildman–Crippen LogP) is 4.99. The molecule has 0 N–H and O–H groups in total. The van der Waals surface area contributed by atoms with Gasteiger partial charge >= 0.3 is 0 Å². The molecule has 0 radical (unpaired) electrons. The van der Waals surface area contributed by atoms with E-state index in [1.54, 1.807) is 0 Å². The first-order chi connectivity index (χ1) is 11.5. The first-order valence-electron chi connectivity index (χ1n) is 8.43. The van der Waals surface area contributed by atoms with Crippen molar-refractivity contribution in [3.63, 3.8) is 0 Å². The molecule has 0 amide bonds. The molecule has 0 saturated heterocycles. The Balaban J connectivity index is 1.79. The molecule has 0 fully saturated rings. The maximum atomic E-state index is 4.78. The SMILES string of the molecule is Cc1cc(C2=NCC=C2c2ccc3c(ccn3C)c2)cc(C)c1C. The number of hydrogen-bond acceptors (Lipinski definition) is 1. The van der Waals surface area contributed by atoms with Crippen molar-refractivity contribution in [1.29, 1.82) is 0 Å². The van der Waals surface area contributed by atoms with Crippen molar-refractivity contribution in [2.24, 2.45) is 12.0 Å². The van der Waals surface area contributed by atoms with E-state index in [2.05, 4.69) is 81.1 Å². The minimum atomic E-state index is 0.767. The van der Waals surface area contributed by atoms with Gasteiger partial charge < -0.3 is 4.57 Å². The van der Waals surface area contributed by atoms with E-state index in [4.69, 9.17) is 4.99 Å². The Bertz CT molecular complexity index is 993. The highest BCUT2D eigenvalue weighted by Crippen LogP contribution is 2.29. The minimum absolute atomic E-state index is 0.767. The van der Waals surface area contributed by atoms with Crippen LogP contribution in [0.1, 0.15) is 27.8 Å². The number of benzene rings is 2. The van der Waals surface area contributed by atoms with Crippen LogP contribution in [0.25, 0.3) is 16.5 Å². The van der Waals surface area contributed by atoms with Crippen LogP contribution in [-0.4, -0.2) is 16.8 Å². The third-order valence-corrected chi connectivity index (χ3v) is 5.20. The molecule has 0 saturated carbocycles. The summed E-state index contributed by atoms with van der Waals surface area (Å²) >= 11 is 0. The van der Waals surface area contributed by atoms with E-state index in [9.17, 15) is 0 Å². The molecular formula is C22H22N2. The number of allylic oxidation sites excluding steroid dienone is 1. The second-order valence-electron chi connectivity index (χ2n) is 6.74. The summed E-state index contributed by atoms with van der Waals surface area (Å²) in [5.74, 6) is 0. The average molecular weight is 314 g/mol. The van der Waals surface area contributed by atoms with Crippen LogP contribution < -0.4 is 0 Å². The van der Waals surface area contributed by atoms with E-state index in [1.165, 1.54) is 44.3 Å². The van der Waals surface area contributed by atoms with E-state index < -0.39 is 0 Å². The number of nitrogens with zero attached hydrogens (tertiary/aromatic N) is 2. The van der Waals surface area contributed by atoms with Gasteiger partial charge in [-0.1, -0.05) is 12.1 Å². The normalized spacial score (nSPS) is 14.2. The van der Waals surface area contributed by atoms with Gasteiger partial charge in [0.05, 0.1) is 12.3 Å². The lowest BCUT2D eigenvalue weighted by Crippen LogP contribution is -2.04. The van der Waals surface area contributed by atoms with Gasteiger partial charge in [0.2, 0.25) is 0 Å².